The quantitative estimate of drug-likeness (QED) is 0.526. The molecule has 1 aliphatic heterocycles. The average Bonchev–Trinajstić information content (AvgIpc) is 3.13. The van der Waals surface area contributed by atoms with Gasteiger partial charge in [0.1, 0.15) is 11.5 Å². The van der Waals surface area contributed by atoms with E-state index in [9.17, 15) is 14.7 Å². The third-order valence-electron chi connectivity index (χ3n) is 5.50. The van der Waals surface area contributed by atoms with E-state index < -0.39 is 12.0 Å². The molecule has 1 N–H and O–H groups in total. The van der Waals surface area contributed by atoms with Gasteiger partial charge in [0.05, 0.1) is 35.6 Å². The van der Waals surface area contributed by atoms with E-state index in [2.05, 4.69) is 4.99 Å². The number of benzene rings is 2. The third kappa shape index (κ3) is 4.51. The molecule has 3 aromatic rings. The zero-order chi connectivity index (χ0) is 24.4. The summed E-state index contributed by atoms with van der Waals surface area (Å²) in [4.78, 5) is 31.5. The summed E-state index contributed by atoms with van der Waals surface area (Å²) in [5.74, 6) is 0.253. The maximum atomic E-state index is 13.5. The second kappa shape index (κ2) is 9.87. The van der Waals surface area contributed by atoms with Crippen LogP contribution in [0.3, 0.4) is 0 Å². The Kier molecular flexibility index (Phi) is 6.90. The second-order valence-corrected chi connectivity index (χ2v) is 9.06. The molecule has 34 heavy (non-hydrogen) atoms. The molecule has 2 heterocycles. The summed E-state index contributed by atoms with van der Waals surface area (Å²) in [7, 11) is 1.57. The van der Waals surface area contributed by atoms with Gasteiger partial charge in [-0.3, -0.25) is 9.36 Å². The van der Waals surface area contributed by atoms with Crippen LogP contribution in [0.4, 0.5) is 0 Å². The fourth-order valence-corrected chi connectivity index (χ4v) is 5.06. The third-order valence-corrected chi connectivity index (χ3v) is 6.76. The number of esters is 1. The van der Waals surface area contributed by atoms with Crippen LogP contribution in [0.2, 0.25) is 5.02 Å². The van der Waals surface area contributed by atoms with Gasteiger partial charge in [0.15, 0.2) is 4.80 Å². The Bertz CT molecular complexity index is 1450. The van der Waals surface area contributed by atoms with Crippen molar-refractivity contribution in [2.75, 3.05) is 13.7 Å². The molecule has 2 aromatic carbocycles. The van der Waals surface area contributed by atoms with E-state index in [4.69, 9.17) is 21.1 Å². The zero-order valence-electron chi connectivity index (χ0n) is 18.9. The van der Waals surface area contributed by atoms with Crippen LogP contribution in [0, 0.1) is 0 Å². The lowest BCUT2D eigenvalue weighted by Gasteiger charge is -2.24. The first-order chi connectivity index (χ1) is 16.3. The maximum absolute atomic E-state index is 13.5. The predicted molar refractivity (Wildman–Crippen MR) is 131 cm³/mol. The van der Waals surface area contributed by atoms with Gasteiger partial charge in [0, 0.05) is 5.02 Å². The van der Waals surface area contributed by atoms with Crippen molar-refractivity contribution in [3.63, 3.8) is 0 Å². The molecule has 9 heteroatoms. The minimum Gasteiger partial charge on any atom is -0.508 e. The number of allylic oxidation sites excluding steroid dienone is 1. The lowest BCUT2D eigenvalue weighted by molar-refractivity contribution is -0.139. The SMILES string of the molecule is CCOC(=O)C1=C(C)N=c2sc(=CCc3cc(Cl)ccc3O)c(=O)n2[C@@H]1c1ccc(OC)cc1. The first-order valence-electron chi connectivity index (χ1n) is 10.6. The van der Waals surface area contributed by atoms with E-state index in [-0.39, 0.29) is 17.9 Å². The number of fused-ring (bicyclic) bond motifs is 1. The number of phenolic OH excluding ortho intramolecular Hbond substituents is 1. The summed E-state index contributed by atoms with van der Waals surface area (Å²) in [6, 6.07) is 11.3. The molecule has 1 aliphatic rings. The Labute approximate surface area is 204 Å². The highest BCUT2D eigenvalue weighted by Gasteiger charge is 2.33. The number of halogens is 1. The molecule has 0 amide bonds. The topological polar surface area (TPSA) is 90.1 Å². The van der Waals surface area contributed by atoms with Crippen molar-refractivity contribution in [2.24, 2.45) is 4.99 Å². The number of nitrogens with zero attached hydrogens (tertiary/aromatic N) is 2. The summed E-state index contributed by atoms with van der Waals surface area (Å²) in [6.07, 6.45) is 2.05. The van der Waals surface area contributed by atoms with E-state index in [1.165, 1.54) is 22.0 Å². The number of ether oxygens (including phenoxy) is 2. The van der Waals surface area contributed by atoms with Crippen LogP contribution in [0.1, 0.15) is 31.0 Å². The first kappa shape index (κ1) is 23.8. The maximum Gasteiger partial charge on any atom is 0.338 e. The molecule has 1 aromatic heterocycles. The molecule has 176 valence electrons. The monoisotopic (exact) mass is 498 g/mol. The van der Waals surface area contributed by atoms with E-state index in [0.717, 1.165) is 5.56 Å². The Hall–Kier alpha value is -3.36. The Morgan fingerprint density at radius 2 is 2.00 bits per heavy atom. The van der Waals surface area contributed by atoms with Crippen LogP contribution in [0.25, 0.3) is 6.08 Å². The number of aromatic nitrogens is 1. The number of phenols is 1. The van der Waals surface area contributed by atoms with Crippen LogP contribution in [0.15, 0.2) is 63.5 Å². The van der Waals surface area contributed by atoms with Crippen molar-refractivity contribution in [1.82, 2.24) is 4.57 Å². The highest BCUT2D eigenvalue weighted by Crippen LogP contribution is 2.31. The van der Waals surface area contributed by atoms with Gasteiger partial charge in [0.25, 0.3) is 5.56 Å². The van der Waals surface area contributed by atoms with Crippen LogP contribution in [-0.4, -0.2) is 29.4 Å². The lowest BCUT2D eigenvalue weighted by atomic mass is 9.96. The van der Waals surface area contributed by atoms with Gasteiger partial charge in [-0.15, -0.1) is 0 Å². The van der Waals surface area contributed by atoms with Crippen molar-refractivity contribution in [3.05, 3.63) is 89.6 Å². The van der Waals surface area contributed by atoms with E-state index in [0.29, 0.717) is 43.4 Å². The summed E-state index contributed by atoms with van der Waals surface area (Å²) in [6.45, 7) is 3.68. The van der Waals surface area contributed by atoms with E-state index >= 15 is 0 Å². The first-order valence-corrected chi connectivity index (χ1v) is 11.8. The molecule has 0 fully saturated rings. The lowest BCUT2D eigenvalue weighted by Crippen LogP contribution is -2.39. The normalized spacial score (nSPS) is 15.6. The van der Waals surface area contributed by atoms with Crippen LogP contribution < -0.4 is 19.6 Å². The molecule has 0 radical (unpaired) electrons. The fourth-order valence-electron chi connectivity index (χ4n) is 3.85. The summed E-state index contributed by atoms with van der Waals surface area (Å²) >= 11 is 7.28. The number of hydrogen-bond acceptors (Lipinski definition) is 7. The van der Waals surface area contributed by atoms with Crippen molar-refractivity contribution in [2.45, 2.75) is 26.3 Å². The van der Waals surface area contributed by atoms with Gasteiger partial charge < -0.3 is 14.6 Å². The Morgan fingerprint density at radius 1 is 1.26 bits per heavy atom. The highest BCUT2D eigenvalue weighted by molar-refractivity contribution is 7.07. The average molecular weight is 499 g/mol. The van der Waals surface area contributed by atoms with Crippen molar-refractivity contribution >= 4 is 35.0 Å². The van der Waals surface area contributed by atoms with Gasteiger partial charge in [-0.2, -0.15) is 0 Å². The second-order valence-electron chi connectivity index (χ2n) is 7.61. The van der Waals surface area contributed by atoms with Gasteiger partial charge in [-0.1, -0.05) is 41.1 Å². The van der Waals surface area contributed by atoms with Crippen molar-refractivity contribution < 1.29 is 19.4 Å². The Morgan fingerprint density at radius 3 is 2.68 bits per heavy atom. The van der Waals surface area contributed by atoms with Crippen molar-refractivity contribution in [3.8, 4) is 11.5 Å². The summed E-state index contributed by atoms with van der Waals surface area (Å²) < 4.78 is 12.5. The predicted octanol–water partition coefficient (Wildman–Crippen LogP) is 3.36. The molecule has 4 rings (SSSR count). The molecule has 0 aliphatic carbocycles. The van der Waals surface area contributed by atoms with Crippen LogP contribution >= 0.6 is 22.9 Å². The fraction of sp³-hybridized carbons (Fsp3) is 0.240. The molecular formula is C25H23ClN2O5S. The molecule has 1 atom stereocenters. The van der Waals surface area contributed by atoms with Gasteiger partial charge in [-0.25, -0.2) is 9.79 Å². The number of hydrogen-bond donors (Lipinski definition) is 1. The number of thiazole rings is 1. The van der Waals surface area contributed by atoms with Gasteiger partial charge >= 0.3 is 5.97 Å². The number of carbonyl (C=O) groups is 1. The number of aromatic hydroxyl groups is 1. The number of rotatable bonds is 6. The molecule has 0 saturated heterocycles. The molecule has 0 unspecified atom stereocenters. The molecule has 0 saturated carbocycles. The van der Waals surface area contributed by atoms with E-state index in [1.54, 1.807) is 51.3 Å². The summed E-state index contributed by atoms with van der Waals surface area (Å²) in [5.41, 5.74) is 1.88. The smallest absolute Gasteiger partial charge is 0.338 e. The van der Waals surface area contributed by atoms with Crippen LogP contribution in [0.5, 0.6) is 11.5 Å². The highest BCUT2D eigenvalue weighted by atomic mass is 35.5. The van der Waals surface area contributed by atoms with Crippen molar-refractivity contribution in [1.29, 1.82) is 0 Å². The minimum absolute atomic E-state index is 0.102. The summed E-state index contributed by atoms with van der Waals surface area (Å²) in [5, 5.41) is 10.6. The largest absolute Gasteiger partial charge is 0.508 e. The molecule has 7 nitrogen and oxygen atoms in total. The zero-order valence-corrected chi connectivity index (χ0v) is 20.4. The molecular weight excluding hydrogens is 476 g/mol. The molecule has 0 spiro atoms. The van der Waals surface area contributed by atoms with Crippen LogP contribution in [-0.2, 0) is 16.0 Å². The minimum atomic E-state index is -0.692. The van der Waals surface area contributed by atoms with Gasteiger partial charge in [-0.05, 0) is 61.7 Å². The van der Waals surface area contributed by atoms with Gasteiger partial charge in [0.2, 0.25) is 0 Å². The Balaban J connectivity index is 1.86. The standard InChI is InChI=1S/C25H23ClN2O5S/c1-4-33-24(31)21-14(2)27-25-28(22(21)15-5-9-18(32-3)10-6-15)23(30)20(34-25)12-7-16-13-17(26)8-11-19(16)29/h5-6,8-13,22,29H,4,7H2,1-3H3/t22-/m1/s1. The molecule has 0 bridgehead atoms. The van der Waals surface area contributed by atoms with E-state index in [1.807, 2.05) is 12.1 Å². The number of carbonyl (C=O) groups excluding carboxylic acids is 1. The number of methoxy groups -OCH3 is 1.